The highest BCUT2D eigenvalue weighted by Gasteiger charge is 2.26. The van der Waals surface area contributed by atoms with Crippen molar-refractivity contribution in [3.05, 3.63) is 60.0 Å². The van der Waals surface area contributed by atoms with Crippen molar-refractivity contribution >= 4 is 11.8 Å². The van der Waals surface area contributed by atoms with Gasteiger partial charge in [0, 0.05) is 32.2 Å². The Morgan fingerprint density at radius 3 is 2.52 bits per heavy atom. The number of H-pyrrole nitrogens is 1. The van der Waals surface area contributed by atoms with Crippen LogP contribution < -0.4 is 4.74 Å². The van der Waals surface area contributed by atoms with Crippen molar-refractivity contribution in [2.45, 2.75) is 6.92 Å². The third-order valence-corrected chi connectivity index (χ3v) is 4.89. The van der Waals surface area contributed by atoms with Gasteiger partial charge in [-0.3, -0.25) is 14.7 Å². The fourth-order valence-electron chi connectivity index (χ4n) is 3.18. The molecule has 0 atom stereocenters. The summed E-state index contributed by atoms with van der Waals surface area (Å²) in [5.41, 5.74) is 2.12. The van der Waals surface area contributed by atoms with Gasteiger partial charge in [-0.1, -0.05) is 17.7 Å². The molecule has 3 heterocycles. The van der Waals surface area contributed by atoms with Crippen molar-refractivity contribution in [2.75, 3.05) is 32.8 Å². The molecule has 150 valence electrons. The van der Waals surface area contributed by atoms with E-state index in [1.165, 1.54) is 0 Å². The smallest absolute Gasteiger partial charge is 0.274 e. The lowest BCUT2D eigenvalue weighted by Gasteiger charge is -2.34. The van der Waals surface area contributed by atoms with Gasteiger partial charge in [-0.15, -0.1) is 0 Å². The Balaban J connectivity index is 1.28. The van der Waals surface area contributed by atoms with E-state index in [0.717, 1.165) is 5.56 Å². The SMILES string of the molecule is Cc1ccc(OCC(=O)N2CCN(C(=O)c3cc(-c4ccco4)[nH]n3)CC2)cc1. The van der Waals surface area contributed by atoms with Crippen LogP contribution in [-0.2, 0) is 4.79 Å². The van der Waals surface area contributed by atoms with Crippen LogP contribution in [0.2, 0.25) is 0 Å². The minimum Gasteiger partial charge on any atom is -0.484 e. The van der Waals surface area contributed by atoms with Crippen LogP contribution in [0.3, 0.4) is 0 Å². The molecule has 1 aliphatic rings. The Morgan fingerprint density at radius 2 is 1.83 bits per heavy atom. The van der Waals surface area contributed by atoms with E-state index < -0.39 is 0 Å². The summed E-state index contributed by atoms with van der Waals surface area (Å²) >= 11 is 0. The summed E-state index contributed by atoms with van der Waals surface area (Å²) in [5, 5.41) is 6.91. The van der Waals surface area contributed by atoms with Crippen LogP contribution in [0.25, 0.3) is 11.5 Å². The fraction of sp³-hybridized carbons (Fsp3) is 0.286. The zero-order valence-electron chi connectivity index (χ0n) is 16.1. The molecule has 1 saturated heterocycles. The number of hydrogen-bond acceptors (Lipinski definition) is 5. The second kappa shape index (κ2) is 8.22. The zero-order valence-corrected chi connectivity index (χ0v) is 16.1. The summed E-state index contributed by atoms with van der Waals surface area (Å²) in [6, 6.07) is 12.8. The molecule has 0 saturated carbocycles. The average Bonchev–Trinajstić information content (AvgIpc) is 3.44. The van der Waals surface area contributed by atoms with E-state index in [2.05, 4.69) is 10.2 Å². The maximum absolute atomic E-state index is 12.7. The normalized spacial score (nSPS) is 14.1. The maximum atomic E-state index is 12.7. The van der Waals surface area contributed by atoms with Gasteiger partial charge in [0.15, 0.2) is 18.1 Å². The van der Waals surface area contributed by atoms with E-state index >= 15 is 0 Å². The summed E-state index contributed by atoms with van der Waals surface area (Å²) in [6.07, 6.45) is 1.57. The molecule has 1 N–H and O–H groups in total. The second-order valence-electron chi connectivity index (χ2n) is 6.92. The first-order chi connectivity index (χ1) is 14.1. The Morgan fingerprint density at radius 1 is 1.10 bits per heavy atom. The van der Waals surface area contributed by atoms with Gasteiger partial charge in [-0.2, -0.15) is 5.10 Å². The lowest BCUT2D eigenvalue weighted by atomic mass is 10.2. The Labute approximate surface area is 168 Å². The molecule has 1 aromatic carbocycles. The number of rotatable bonds is 5. The minimum atomic E-state index is -0.165. The summed E-state index contributed by atoms with van der Waals surface area (Å²) in [7, 11) is 0. The van der Waals surface area contributed by atoms with Crippen LogP contribution in [-0.4, -0.2) is 64.6 Å². The number of aromatic nitrogens is 2. The standard InChI is InChI=1S/C21H22N4O4/c1-15-4-6-16(7-5-15)29-14-20(26)24-8-10-25(11-9-24)21(27)18-13-17(22-23-18)19-3-2-12-28-19/h2-7,12-13H,8-11,14H2,1H3,(H,22,23). The molecular weight excluding hydrogens is 372 g/mol. The third-order valence-electron chi connectivity index (χ3n) is 4.89. The van der Waals surface area contributed by atoms with Crippen LogP contribution in [0.5, 0.6) is 5.75 Å². The van der Waals surface area contributed by atoms with Gasteiger partial charge in [-0.05, 0) is 31.2 Å². The molecule has 8 nitrogen and oxygen atoms in total. The lowest BCUT2D eigenvalue weighted by molar-refractivity contribution is -0.134. The molecular formula is C21H22N4O4. The molecule has 2 amide bonds. The molecule has 0 radical (unpaired) electrons. The number of furan rings is 1. The van der Waals surface area contributed by atoms with Gasteiger partial charge < -0.3 is 19.0 Å². The largest absolute Gasteiger partial charge is 0.484 e. The molecule has 0 bridgehead atoms. The number of hydrogen-bond donors (Lipinski definition) is 1. The first-order valence-electron chi connectivity index (χ1n) is 9.46. The van der Waals surface area contributed by atoms with Gasteiger partial charge in [-0.25, -0.2) is 0 Å². The van der Waals surface area contributed by atoms with Gasteiger partial charge >= 0.3 is 0 Å². The van der Waals surface area contributed by atoms with E-state index in [9.17, 15) is 9.59 Å². The number of aryl methyl sites for hydroxylation is 1. The van der Waals surface area contributed by atoms with Gasteiger partial charge in [0.1, 0.15) is 11.4 Å². The van der Waals surface area contributed by atoms with Crippen molar-refractivity contribution in [2.24, 2.45) is 0 Å². The molecule has 4 rings (SSSR count). The van der Waals surface area contributed by atoms with E-state index in [1.54, 1.807) is 34.3 Å². The first-order valence-corrected chi connectivity index (χ1v) is 9.46. The molecule has 29 heavy (non-hydrogen) atoms. The molecule has 0 aliphatic carbocycles. The molecule has 0 unspecified atom stereocenters. The van der Waals surface area contributed by atoms with Crippen LogP contribution >= 0.6 is 0 Å². The fourth-order valence-corrected chi connectivity index (χ4v) is 3.18. The summed E-state index contributed by atoms with van der Waals surface area (Å²) in [6.45, 7) is 3.84. The number of amides is 2. The monoisotopic (exact) mass is 394 g/mol. The van der Waals surface area contributed by atoms with E-state index in [0.29, 0.717) is 49.1 Å². The second-order valence-corrected chi connectivity index (χ2v) is 6.92. The van der Waals surface area contributed by atoms with Crippen molar-refractivity contribution in [3.63, 3.8) is 0 Å². The number of benzene rings is 1. The minimum absolute atomic E-state index is 0.0110. The van der Waals surface area contributed by atoms with Crippen molar-refractivity contribution < 1.29 is 18.7 Å². The molecule has 8 heteroatoms. The Kier molecular flexibility index (Phi) is 5.33. The van der Waals surface area contributed by atoms with E-state index in [4.69, 9.17) is 9.15 Å². The molecule has 3 aromatic rings. The van der Waals surface area contributed by atoms with Gasteiger partial charge in [0.05, 0.1) is 6.26 Å². The van der Waals surface area contributed by atoms with E-state index in [1.807, 2.05) is 31.2 Å². The summed E-state index contributed by atoms with van der Waals surface area (Å²) in [4.78, 5) is 28.5. The third kappa shape index (κ3) is 4.31. The molecule has 1 fully saturated rings. The predicted molar refractivity (Wildman–Crippen MR) is 105 cm³/mol. The lowest BCUT2D eigenvalue weighted by Crippen LogP contribution is -2.51. The van der Waals surface area contributed by atoms with Crippen LogP contribution in [0.1, 0.15) is 16.1 Å². The highest BCUT2D eigenvalue weighted by Crippen LogP contribution is 2.19. The highest BCUT2D eigenvalue weighted by molar-refractivity contribution is 5.93. The first kappa shape index (κ1) is 18.8. The number of piperazine rings is 1. The van der Waals surface area contributed by atoms with Gasteiger partial charge in [0.2, 0.25) is 0 Å². The van der Waals surface area contributed by atoms with Crippen LogP contribution in [0.4, 0.5) is 0 Å². The summed E-state index contributed by atoms with van der Waals surface area (Å²) in [5.74, 6) is 1.05. The molecule has 2 aromatic heterocycles. The quantitative estimate of drug-likeness (QED) is 0.717. The van der Waals surface area contributed by atoms with Crippen LogP contribution in [0, 0.1) is 6.92 Å². The highest BCUT2D eigenvalue weighted by atomic mass is 16.5. The molecule has 0 spiro atoms. The summed E-state index contributed by atoms with van der Waals surface area (Å²) < 4.78 is 10.9. The predicted octanol–water partition coefficient (Wildman–Crippen LogP) is 2.34. The van der Waals surface area contributed by atoms with Crippen molar-refractivity contribution in [1.29, 1.82) is 0 Å². The van der Waals surface area contributed by atoms with Crippen molar-refractivity contribution in [3.8, 4) is 17.2 Å². The number of aromatic amines is 1. The zero-order chi connectivity index (χ0) is 20.2. The van der Waals surface area contributed by atoms with Gasteiger partial charge in [0.25, 0.3) is 11.8 Å². The number of nitrogens with one attached hydrogen (secondary N) is 1. The number of ether oxygens (including phenoxy) is 1. The topological polar surface area (TPSA) is 91.7 Å². The number of nitrogens with zero attached hydrogens (tertiary/aromatic N) is 3. The average molecular weight is 394 g/mol. The Bertz CT molecular complexity index is 971. The molecule has 1 aliphatic heterocycles. The van der Waals surface area contributed by atoms with Crippen LogP contribution in [0.15, 0.2) is 53.1 Å². The van der Waals surface area contributed by atoms with Crippen molar-refractivity contribution in [1.82, 2.24) is 20.0 Å². The van der Waals surface area contributed by atoms with E-state index in [-0.39, 0.29) is 18.4 Å². The number of carbonyl (C=O) groups is 2. The Hall–Kier alpha value is -3.55. The number of carbonyl (C=O) groups excluding carboxylic acids is 2. The maximum Gasteiger partial charge on any atom is 0.274 e.